The zero-order valence-corrected chi connectivity index (χ0v) is 11.5. The van der Waals surface area contributed by atoms with Crippen molar-refractivity contribution in [2.75, 3.05) is 0 Å². The Morgan fingerprint density at radius 1 is 1.33 bits per heavy atom. The van der Waals surface area contributed by atoms with Gasteiger partial charge < -0.3 is 5.11 Å². The van der Waals surface area contributed by atoms with Crippen LogP contribution in [-0.2, 0) is 4.79 Å². The summed E-state index contributed by atoms with van der Waals surface area (Å²) in [5.74, 6) is -1.11. The van der Waals surface area contributed by atoms with E-state index in [4.69, 9.17) is 5.11 Å². The Labute approximate surface area is 124 Å². The van der Waals surface area contributed by atoms with Crippen molar-refractivity contribution < 1.29 is 14.8 Å². The van der Waals surface area contributed by atoms with Gasteiger partial charge in [0.25, 0.3) is 5.69 Å². The monoisotopic (exact) mass is 302 g/mol. The van der Waals surface area contributed by atoms with Gasteiger partial charge in [0.2, 0.25) is 0 Å². The van der Waals surface area contributed by atoms with Crippen LogP contribution in [0.3, 0.4) is 0 Å². The minimum absolute atomic E-state index is 0.0850. The zero-order valence-electron chi connectivity index (χ0n) is 10.7. The van der Waals surface area contributed by atoms with Crippen molar-refractivity contribution in [3.8, 4) is 0 Å². The Balaban J connectivity index is 2.33. The highest BCUT2D eigenvalue weighted by Gasteiger charge is 2.15. The van der Waals surface area contributed by atoms with E-state index in [0.29, 0.717) is 15.5 Å². The van der Waals surface area contributed by atoms with E-state index in [1.54, 1.807) is 36.5 Å². The van der Waals surface area contributed by atoms with Gasteiger partial charge in [0.1, 0.15) is 5.03 Å². The molecule has 0 saturated heterocycles. The molecule has 0 radical (unpaired) electrons. The van der Waals surface area contributed by atoms with Gasteiger partial charge in [0.15, 0.2) is 0 Å². The summed E-state index contributed by atoms with van der Waals surface area (Å²) in [4.78, 5) is 25.7. The summed E-state index contributed by atoms with van der Waals surface area (Å²) in [5, 5.41) is 20.4. The molecule has 0 fully saturated rings. The van der Waals surface area contributed by atoms with E-state index >= 15 is 0 Å². The molecule has 0 amide bonds. The maximum atomic E-state index is 11.1. The van der Waals surface area contributed by atoms with Crippen LogP contribution < -0.4 is 0 Å². The van der Waals surface area contributed by atoms with Crippen LogP contribution in [0.4, 0.5) is 5.69 Å². The van der Waals surface area contributed by atoms with Gasteiger partial charge in [0.05, 0.1) is 9.82 Å². The molecule has 6 nitrogen and oxygen atoms in total. The van der Waals surface area contributed by atoms with E-state index < -0.39 is 10.9 Å². The van der Waals surface area contributed by atoms with Crippen LogP contribution in [0.2, 0.25) is 0 Å². The summed E-state index contributed by atoms with van der Waals surface area (Å²) < 4.78 is 0. The smallest absolute Gasteiger partial charge is 0.328 e. The molecule has 7 heteroatoms. The highest BCUT2D eigenvalue weighted by molar-refractivity contribution is 7.99. The Kier molecular flexibility index (Phi) is 4.68. The van der Waals surface area contributed by atoms with Gasteiger partial charge in [-0.15, -0.1) is 0 Å². The minimum Gasteiger partial charge on any atom is -0.478 e. The molecule has 0 aliphatic rings. The summed E-state index contributed by atoms with van der Waals surface area (Å²) in [7, 11) is 0. The lowest BCUT2D eigenvalue weighted by Crippen LogP contribution is -1.92. The maximum absolute atomic E-state index is 11.1. The van der Waals surface area contributed by atoms with Crippen molar-refractivity contribution in [1.29, 1.82) is 0 Å². The van der Waals surface area contributed by atoms with Gasteiger partial charge in [-0.2, -0.15) is 0 Å². The van der Waals surface area contributed by atoms with Crippen LogP contribution in [-0.4, -0.2) is 21.0 Å². The zero-order chi connectivity index (χ0) is 15.2. The second kappa shape index (κ2) is 6.67. The summed E-state index contributed by atoms with van der Waals surface area (Å²) in [6.07, 6.45) is 3.85. The minimum atomic E-state index is -1.11. The van der Waals surface area contributed by atoms with Gasteiger partial charge in [0, 0.05) is 18.3 Å². The average molecular weight is 302 g/mol. The molecular weight excluding hydrogens is 292 g/mol. The van der Waals surface area contributed by atoms with Crippen molar-refractivity contribution >= 4 is 29.5 Å². The van der Waals surface area contributed by atoms with E-state index in [1.165, 1.54) is 23.9 Å². The lowest BCUT2D eigenvalue weighted by atomic mass is 10.2. The lowest BCUT2D eigenvalue weighted by molar-refractivity contribution is -0.387. The first-order chi connectivity index (χ1) is 10.1. The summed E-state index contributed by atoms with van der Waals surface area (Å²) in [5.41, 5.74) is 0.368. The molecular formula is C14H10N2O4S. The fraction of sp³-hybridized carbons (Fsp3) is 0. The van der Waals surface area contributed by atoms with Gasteiger partial charge in [-0.05, 0) is 29.8 Å². The number of rotatable bonds is 5. The van der Waals surface area contributed by atoms with Gasteiger partial charge in [-0.1, -0.05) is 23.9 Å². The third kappa shape index (κ3) is 4.15. The number of carboxylic acid groups (broad SMARTS) is 1. The van der Waals surface area contributed by atoms with E-state index in [0.717, 1.165) is 6.08 Å². The van der Waals surface area contributed by atoms with Crippen LogP contribution in [0.15, 0.2) is 58.6 Å². The topological polar surface area (TPSA) is 93.3 Å². The average Bonchev–Trinajstić information content (AvgIpc) is 2.47. The Bertz CT molecular complexity index is 701. The molecule has 0 unspecified atom stereocenters. The number of nitro benzene ring substituents is 1. The number of aliphatic carboxylic acids is 1. The quantitative estimate of drug-likeness (QED) is 0.517. The van der Waals surface area contributed by atoms with Crippen LogP contribution in [0.25, 0.3) is 6.08 Å². The van der Waals surface area contributed by atoms with Gasteiger partial charge in [-0.25, -0.2) is 9.78 Å². The molecule has 1 aromatic carbocycles. The molecule has 0 atom stereocenters. The van der Waals surface area contributed by atoms with Crippen molar-refractivity contribution in [3.63, 3.8) is 0 Å². The number of pyridine rings is 1. The van der Waals surface area contributed by atoms with Crippen molar-refractivity contribution in [1.82, 2.24) is 4.98 Å². The lowest BCUT2D eigenvalue weighted by Gasteiger charge is -2.03. The Morgan fingerprint density at radius 3 is 2.76 bits per heavy atom. The van der Waals surface area contributed by atoms with E-state index in [9.17, 15) is 14.9 Å². The molecule has 106 valence electrons. The molecule has 0 aliphatic carbocycles. The number of hydrogen-bond donors (Lipinski definition) is 1. The summed E-state index contributed by atoms with van der Waals surface area (Å²) in [6.45, 7) is 0. The third-order valence-corrected chi connectivity index (χ3v) is 3.47. The van der Waals surface area contributed by atoms with Crippen molar-refractivity contribution in [3.05, 3.63) is 64.3 Å². The predicted molar refractivity (Wildman–Crippen MR) is 78.1 cm³/mol. The maximum Gasteiger partial charge on any atom is 0.328 e. The fourth-order valence-corrected chi connectivity index (χ4v) is 2.41. The second-order valence-electron chi connectivity index (χ2n) is 3.93. The van der Waals surface area contributed by atoms with Crippen LogP contribution >= 0.6 is 11.8 Å². The standard InChI is InChI=1S/C14H10N2O4S/c17-14(18)7-5-10-4-6-12(11(9-10)16(19)20)21-13-3-1-2-8-15-13/h1-9H,(H,17,18). The summed E-state index contributed by atoms with van der Waals surface area (Å²) in [6, 6.07) is 9.86. The number of carboxylic acids is 1. The molecule has 1 aromatic heterocycles. The first kappa shape index (κ1) is 14.7. The highest BCUT2D eigenvalue weighted by Crippen LogP contribution is 2.34. The predicted octanol–water partition coefficient (Wildman–Crippen LogP) is 3.24. The summed E-state index contributed by atoms with van der Waals surface area (Å²) >= 11 is 1.18. The van der Waals surface area contributed by atoms with Crippen molar-refractivity contribution in [2.45, 2.75) is 9.92 Å². The highest BCUT2D eigenvalue weighted by atomic mass is 32.2. The molecule has 1 N–H and O–H groups in total. The van der Waals surface area contributed by atoms with E-state index in [2.05, 4.69) is 4.98 Å². The van der Waals surface area contributed by atoms with Crippen LogP contribution in [0.1, 0.15) is 5.56 Å². The molecule has 0 spiro atoms. The van der Waals surface area contributed by atoms with Gasteiger partial charge in [-0.3, -0.25) is 10.1 Å². The van der Waals surface area contributed by atoms with Crippen LogP contribution in [0.5, 0.6) is 0 Å². The Hall–Kier alpha value is -2.67. The third-order valence-electron chi connectivity index (χ3n) is 2.45. The first-order valence-corrected chi connectivity index (χ1v) is 6.66. The van der Waals surface area contributed by atoms with Gasteiger partial charge >= 0.3 is 5.97 Å². The van der Waals surface area contributed by atoms with Crippen LogP contribution in [0, 0.1) is 10.1 Å². The molecule has 2 aromatic rings. The number of carbonyl (C=O) groups is 1. The SMILES string of the molecule is O=C(O)C=Cc1ccc(Sc2ccccn2)c([N+](=O)[O-])c1. The number of nitro groups is 1. The molecule has 0 bridgehead atoms. The molecule has 0 saturated carbocycles. The molecule has 2 rings (SSSR count). The number of hydrogen-bond acceptors (Lipinski definition) is 5. The molecule has 1 heterocycles. The largest absolute Gasteiger partial charge is 0.478 e. The molecule has 0 aliphatic heterocycles. The fourth-order valence-electron chi connectivity index (χ4n) is 1.55. The van der Waals surface area contributed by atoms with E-state index in [1.807, 2.05) is 0 Å². The first-order valence-electron chi connectivity index (χ1n) is 5.84. The van der Waals surface area contributed by atoms with E-state index in [-0.39, 0.29) is 5.69 Å². The van der Waals surface area contributed by atoms with Crippen molar-refractivity contribution in [2.24, 2.45) is 0 Å². The number of aromatic nitrogens is 1. The number of nitrogens with zero attached hydrogens (tertiary/aromatic N) is 2. The number of benzene rings is 1. The Morgan fingerprint density at radius 2 is 2.14 bits per heavy atom. The molecule has 21 heavy (non-hydrogen) atoms. The second-order valence-corrected chi connectivity index (χ2v) is 4.99. The normalized spacial score (nSPS) is 10.7.